The highest BCUT2D eigenvalue weighted by Crippen LogP contribution is 2.38. The molecule has 144 valence electrons. The van der Waals surface area contributed by atoms with E-state index in [-0.39, 0.29) is 5.82 Å². The van der Waals surface area contributed by atoms with Gasteiger partial charge in [-0.05, 0) is 59.5 Å². The molecule has 6 rings (SSSR count). The van der Waals surface area contributed by atoms with E-state index in [0.717, 1.165) is 44.3 Å². The van der Waals surface area contributed by atoms with E-state index in [1.807, 2.05) is 29.9 Å². The monoisotopic (exact) mass is 427 g/mol. The van der Waals surface area contributed by atoms with Crippen LogP contribution in [0.3, 0.4) is 0 Å². The minimum absolute atomic E-state index is 0.225. The first-order chi connectivity index (χ1) is 14.7. The number of pyridine rings is 1. The zero-order chi connectivity index (χ0) is 20.1. The van der Waals surface area contributed by atoms with Gasteiger partial charge in [0.05, 0.1) is 21.2 Å². The van der Waals surface area contributed by atoms with Crippen molar-refractivity contribution < 1.29 is 4.39 Å². The lowest BCUT2D eigenvalue weighted by Gasteiger charge is -2.10. The standard InChI is InChI=1S/C24H14FN3S2/c25-15-3-1-14(2-4-15)19-12-29-24-11-18-20(7-8-26-21(18)10-17(19)24)28-16-5-6-23-22(9-16)27-13-30-23/h1-13H,(H,26,28). The highest BCUT2D eigenvalue weighted by Gasteiger charge is 2.11. The Bertz CT molecular complexity index is 1530. The SMILES string of the molecule is Fc1ccc(-c2csc3cc4c(Nc5ccc6scnc6c5)ccnc4cc23)cc1. The van der Waals surface area contributed by atoms with Crippen molar-refractivity contribution in [2.24, 2.45) is 0 Å². The van der Waals surface area contributed by atoms with Crippen molar-refractivity contribution >= 4 is 65.3 Å². The van der Waals surface area contributed by atoms with Gasteiger partial charge in [0.1, 0.15) is 5.82 Å². The summed E-state index contributed by atoms with van der Waals surface area (Å²) < 4.78 is 15.7. The molecule has 0 aliphatic rings. The van der Waals surface area contributed by atoms with Gasteiger partial charge < -0.3 is 5.32 Å². The van der Waals surface area contributed by atoms with Crippen LogP contribution in [0.25, 0.3) is 42.3 Å². The second-order valence-corrected chi connectivity index (χ2v) is 8.84. The Morgan fingerprint density at radius 1 is 0.767 bits per heavy atom. The zero-order valence-electron chi connectivity index (χ0n) is 15.6. The summed E-state index contributed by atoms with van der Waals surface area (Å²) in [6.07, 6.45) is 1.82. The Hall–Kier alpha value is -3.35. The van der Waals surface area contributed by atoms with Gasteiger partial charge in [0.2, 0.25) is 0 Å². The van der Waals surface area contributed by atoms with Crippen LogP contribution in [0.2, 0.25) is 0 Å². The van der Waals surface area contributed by atoms with Crippen molar-refractivity contribution in [1.29, 1.82) is 0 Å². The summed E-state index contributed by atoms with van der Waals surface area (Å²) in [7, 11) is 0. The third-order valence-electron chi connectivity index (χ3n) is 5.20. The Kier molecular flexibility index (Phi) is 4.00. The quantitative estimate of drug-likeness (QED) is 0.316. The molecule has 0 spiro atoms. The molecule has 0 unspecified atom stereocenters. The molecule has 3 heterocycles. The van der Waals surface area contributed by atoms with Crippen LogP contribution in [0, 0.1) is 5.82 Å². The number of halogens is 1. The molecule has 3 aromatic heterocycles. The Morgan fingerprint density at radius 3 is 2.57 bits per heavy atom. The fourth-order valence-electron chi connectivity index (χ4n) is 3.72. The molecule has 0 atom stereocenters. The molecular weight excluding hydrogens is 413 g/mol. The number of rotatable bonds is 3. The Balaban J connectivity index is 1.46. The maximum atomic E-state index is 13.3. The average Bonchev–Trinajstić information content (AvgIpc) is 3.39. The summed E-state index contributed by atoms with van der Waals surface area (Å²) in [5.41, 5.74) is 7.89. The van der Waals surface area contributed by atoms with Gasteiger partial charge in [-0.2, -0.15) is 0 Å². The van der Waals surface area contributed by atoms with E-state index in [1.165, 1.54) is 21.5 Å². The van der Waals surface area contributed by atoms with Gasteiger partial charge in [0, 0.05) is 38.6 Å². The van der Waals surface area contributed by atoms with E-state index in [4.69, 9.17) is 0 Å². The van der Waals surface area contributed by atoms with Gasteiger partial charge in [-0.15, -0.1) is 22.7 Å². The van der Waals surface area contributed by atoms with Crippen LogP contribution >= 0.6 is 22.7 Å². The maximum Gasteiger partial charge on any atom is 0.123 e. The van der Waals surface area contributed by atoms with Crippen LogP contribution < -0.4 is 5.32 Å². The molecule has 1 N–H and O–H groups in total. The molecule has 0 saturated heterocycles. The second-order valence-electron chi connectivity index (χ2n) is 7.04. The van der Waals surface area contributed by atoms with Crippen molar-refractivity contribution in [2.75, 3.05) is 5.32 Å². The summed E-state index contributed by atoms with van der Waals surface area (Å²) in [6, 6.07) is 19.2. The lowest BCUT2D eigenvalue weighted by molar-refractivity contribution is 0.628. The lowest BCUT2D eigenvalue weighted by atomic mass is 10.0. The van der Waals surface area contributed by atoms with E-state index in [2.05, 4.69) is 51.0 Å². The molecule has 30 heavy (non-hydrogen) atoms. The number of aromatic nitrogens is 2. The van der Waals surface area contributed by atoms with Gasteiger partial charge in [-0.1, -0.05) is 12.1 Å². The van der Waals surface area contributed by atoms with E-state index in [9.17, 15) is 4.39 Å². The van der Waals surface area contributed by atoms with E-state index < -0.39 is 0 Å². The average molecular weight is 428 g/mol. The van der Waals surface area contributed by atoms with E-state index >= 15 is 0 Å². The highest BCUT2D eigenvalue weighted by molar-refractivity contribution is 7.18. The number of benzene rings is 3. The topological polar surface area (TPSA) is 37.8 Å². The number of thiazole rings is 1. The first kappa shape index (κ1) is 17.5. The summed E-state index contributed by atoms with van der Waals surface area (Å²) in [4.78, 5) is 9.00. The second kappa shape index (κ2) is 6.86. The number of hydrogen-bond acceptors (Lipinski definition) is 5. The van der Waals surface area contributed by atoms with Crippen LogP contribution in [0.4, 0.5) is 15.8 Å². The molecule has 0 aliphatic heterocycles. The molecule has 0 radical (unpaired) electrons. The molecule has 0 fully saturated rings. The molecule has 6 heteroatoms. The number of anilines is 2. The van der Waals surface area contributed by atoms with Crippen LogP contribution in [-0.4, -0.2) is 9.97 Å². The van der Waals surface area contributed by atoms with Crippen LogP contribution in [0.1, 0.15) is 0 Å². The summed E-state index contributed by atoms with van der Waals surface area (Å²) in [5.74, 6) is -0.225. The number of hydrogen-bond donors (Lipinski definition) is 1. The molecule has 0 bridgehead atoms. The first-order valence-corrected chi connectivity index (χ1v) is 11.2. The van der Waals surface area contributed by atoms with Crippen molar-refractivity contribution in [3.05, 3.63) is 83.6 Å². The molecular formula is C24H14FN3S2. The number of nitrogens with one attached hydrogen (secondary N) is 1. The predicted molar refractivity (Wildman–Crippen MR) is 125 cm³/mol. The first-order valence-electron chi connectivity index (χ1n) is 9.41. The predicted octanol–water partition coefficient (Wildman–Crippen LogP) is 7.61. The normalized spacial score (nSPS) is 11.5. The van der Waals surface area contributed by atoms with E-state index in [0.29, 0.717) is 0 Å². The third kappa shape index (κ3) is 2.93. The smallest absolute Gasteiger partial charge is 0.123 e. The Labute approximate surface area is 179 Å². The van der Waals surface area contributed by atoms with Crippen molar-refractivity contribution in [1.82, 2.24) is 9.97 Å². The van der Waals surface area contributed by atoms with Gasteiger partial charge in [0.25, 0.3) is 0 Å². The van der Waals surface area contributed by atoms with Gasteiger partial charge in [0.15, 0.2) is 0 Å². The van der Waals surface area contributed by atoms with Gasteiger partial charge >= 0.3 is 0 Å². The molecule has 0 aliphatic carbocycles. The molecule has 6 aromatic rings. The van der Waals surface area contributed by atoms with Crippen LogP contribution in [0.15, 0.2) is 77.8 Å². The number of fused-ring (bicyclic) bond motifs is 3. The summed E-state index contributed by atoms with van der Waals surface area (Å²) >= 11 is 3.33. The van der Waals surface area contributed by atoms with Crippen molar-refractivity contribution in [3.8, 4) is 11.1 Å². The fourth-order valence-corrected chi connectivity index (χ4v) is 5.37. The van der Waals surface area contributed by atoms with E-state index in [1.54, 1.807) is 22.7 Å². The minimum atomic E-state index is -0.225. The molecule has 0 amide bonds. The third-order valence-corrected chi connectivity index (χ3v) is 6.96. The summed E-state index contributed by atoms with van der Waals surface area (Å²) in [5, 5.41) is 7.85. The molecule has 3 aromatic carbocycles. The van der Waals surface area contributed by atoms with Gasteiger partial charge in [-0.25, -0.2) is 9.37 Å². The highest BCUT2D eigenvalue weighted by atomic mass is 32.1. The Morgan fingerprint density at radius 2 is 1.67 bits per heavy atom. The largest absolute Gasteiger partial charge is 0.355 e. The number of nitrogens with zero attached hydrogens (tertiary/aromatic N) is 2. The van der Waals surface area contributed by atoms with Gasteiger partial charge in [-0.3, -0.25) is 4.98 Å². The van der Waals surface area contributed by atoms with Crippen LogP contribution in [-0.2, 0) is 0 Å². The van der Waals surface area contributed by atoms with Crippen molar-refractivity contribution in [2.45, 2.75) is 0 Å². The molecule has 0 saturated carbocycles. The summed E-state index contributed by atoms with van der Waals surface area (Å²) in [6.45, 7) is 0. The maximum absolute atomic E-state index is 13.3. The number of thiophene rings is 1. The van der Waals surface area contributed by atoms with Crippen LogP contribution in [0.5, 0.6) is 0 Å². The lowest BCUT2D eigenvalue weighted by Crippen LogP contribution is -1.92. The zero-order valence-corrected chi connectivity index (χ0v) is 17.2. The minimum Gasteiger partial charge on any atom is -0.355 e. The molecule has 3 nitrogen and oxygen atoms in total. The fraction of sp³-hybridized carbons (Fsp3) is 0. The van der Waals surface area contributed by atoms with Crippen molar-refractivity contribution in [3.63, 3.8) is 0 Å².